The molecule has 0 spiro atoms. The maximum absolute atomic E-state index is 11.1. The molecule has 0 atom stereocenters. The molecule has 0 fully saturated rings. The van der Waals surface area contributed by atoms with Crippen molar-refractivity contribution in [2.45, 2.75) is 19.8 Å². The number of carbonyl (C=O) groups is 1. The van der Waals surface area contributed by atoms with Crippen LogP contribution in [0.3, 0.4) is 0 Å². The van der Waals surface area contributed by atoms with Crippen LogP contribution >= 0.6 is 11.8 Å². The largest absolute Gasteiger partial charge is 0.289 e. The first-order valence-corrected chi connectivity index (χ1v) is 4.88. The Morgan fingerprint density at radius 2 is 2.33 bits per heavy atom. The molecule has 0 aromatic heterocycles. The molecule has 0 radical (unpaired) electrons. The first-order chi connectivity index (χ1) is 5.77. The normalized spacial score (nSPS) is 17.2. The van der Waals surface area contributed by atoms with E-state index < -0.39 is 0 Å². The second kappa shape index (κ2) is 4.29. The summed E-state index contributed by atoms with van der Waals surface area (Å²) in [6.07, 6.45) is 2.92. The summed E-state index contributed by atoms with van der Waals surface area (Å²) in [5.74, 6) is 2.49. The van der Waals surface area contributed by atoms with Crippen LogP contribution in [0.2, 0.25) is 0 Å². The Labute approximate surface area is 75.7 Å². The van der Waals surface area contributed by atoms with E-state index in [4.69, 9.17) is 0 Å². The quantitative estimate of drug-likeness (QED) is 0.482. The summed E-state index contributed by atoms with van der Waals surface area (Å²) in [7, 11) is 0. The summed E-state index contributed by atoms with van der Waals surface area (Å²) in [5, 5.41) is 0. The van der Waals surface area contributed by atoms with Crippen LogP contribution < -0.4 is 0 Å². The third-order valence-corrected chi connectivity index (χ3v) is 2.65. The van der Waals surface area contributed by atoms with Crippen LogP contribution in [0.5, 0.6) is 0 Å². The van der Waals surface area contributed by atoms with Gasteiger partial charge in [-0.3, -0.25) is 4.79 Å². The van der Waals surface area contributed by atoms with Gasteiger partial charge in [0.05, 0.1) is 5.57 Å². The van der Waals surface area contributed by atoms with Gasteiger partial charge in [0, 0.05) is 0 Å². The number of allylic oxidation sites excluding steroid dienone is 3. The minimum atomic E-state index is -0.160. The highest BCUT2D eigenvalue weighted by Gasteiger charge is 2.15. The molecule has 64 valence electrons. The Kier molecular flexibility index (Phi) is 3.32. The number of hydrogen-bond acceptors (Lipinski definition) is 3. The molecule has 0 N–H and O–H groups in total. The molecule has 0 aromatic rings. The van der Waals surface area contributed by atoms with Gasteiger partial charge in [-0.25, -0.2) is 4.79 Å². The fourth-order valence-electron chi connectivity index (χ4n) is 1.08. The number of hydrogen-bond donors (Lipinski definition) is 0. The molecule has 3 heteroatoms. The van der Waals surface area contributed by atoms with Gasteiger partial charge in [-0.1, -0.05) is 6.92 Å². The van der Waals surface area contributed by atoms with Gasteiger partial charge in [0.1, 0.15) is 5.94 Å². The minimum absolute atomic E-state index is 0.160. The molecule has 0 aliphatic heterocycles. The molecular formula is C9H10O2S. The Bertz CT molecular complexity index is 272. The number of thioether (sulfide) groups is 1. The number of rotatable bonds is 2. The molecule has 0 amide bonds. The average Bonchev–Trinajstić information content (AvgIpc) is 2.05. The first-order valence-electron chi connectivity index (χ1n) is 3.89. The Morgan fingerprint density at radius 3 is 2.83 bits per heavy atom. The lowest BCUT2D eigenvalue weighted by Gasteiger charge is -2.10. The van der Waals surface area contributed by atoms with E-state index in [0.717, 1.165) is 17.1 Å². The van der Waals surface area contributed by atoms with Crippen molar-refractivity contribution in [1.29, 1.82) is 0 Å². The highest BCUT2D eigenvalue weighted by Crippen LogP contribution is 2.27. The zero-order valence-corrected chi connectivity index (χ0v) is 7.74. The fraction of sp³-hybridized carbons (Fsp3) is 0.444. The van der Waals surface area contributed by atoms with Crippen LogP contribution in [0.15, 0.2) is 16.6 Å². The van der Waals surface area contributed by atoms with Crippen LogP contribution in [0.1, 0.15) is 19.8 Å². The van der Waals surface area contributed by atoms with Gasteiger partial charge in [0.25, 0.3) is 0 Å². The molecule has 1 rings (SSSR count). The maximum Gasteiger partial charge on any atom is 0.193 e. The van der Waals surface area contributed by atoms with Gasteiger partial charge in [0.15, 0.2) is 5.78 Å². The smallest absolute Gasteiger partial charge is 0.193 e. The minimum Gasteiger partial charge on any atom is -0.289 e. The monoisotopic (exact) mass is 182 g/mol. The molecule has 0 aromatic carbocycles. The first kappa shape index (κ1) is 9.30. The van der Waals surface area contributed by atoms with Crippen molar-refractivity contribution in [3.05, 3.63) is 16.6 Å². The van der Waals surface area contributed by atoms with Crippen LogP contribution in [-0.4, -0.2) is 17.5 Å². The van der Waals surface area contributed by atoms with E-state index >= 15 is 0 Å². The van der Waals surface area contributed by atoms with E-state index in [1.165, 1.54) is 0 Å². The van der Waals surface area contributed by atoms with E-state index in [-0.39, 0.29) is 11.4 Å². The summed E-state index contributed by atoms with van der Waals surface area (Å²) < 4.78 is 0. The van der Waals surface area contributed by atoms with Crippen molar-refractivity contribution in [2.24, 2.45) is 0 Å². The zero-order chi connectivity index (χ0) is 8.97. The van der Waals surface area contributed by atoms with Crippen molar-refractivity contribution < 1.29 is 9.59 Å². The van der Waals surface area contributed by atoms with E-state index in [9.17, 15) is 9.59 Å². The second-order valence-corrected chi connectivity index (χ2v) is 3.88. The Balaban J connectivity index is 2.75. The number of carbonyl (C=O) groups excluding carboxylic acids is 2. The van der Waals surface area contributed by atoms with Crippen molar-refractivity contribution in [3.8, 4) is 0 Å². The van der Waals surface area contributed by atoms with Crippen molar-refractivity contribution >= 4 is 23.5 Å². The average molecular weight is 182 g/mol. The van der Waals surface area contributed by atoms with Gasteiger partial charge in [-0.2, -0.15) is 0 Å². The lowest BCUT2D eigenvalue weighted by atomic mass is 10.0. The van der Waals surface area contributed by atoms with Crippen molar-refractivity contribution in [1.82, 2.24) is 0 Å². The number of ketones is 1. The van der Waals surface area contributed by atoms with Crippen LogP contribution in [0.4, 0.5) is 0 Å². The van der Waals surface area contributed by atoms with Crippen molar-refractivity contribution in [3.63, 3.8) is 0 Å². The highest BCUT2D eigenvalue weighted by molar-refractivity contribution is 8.03. The summed E-state index contributed by atoms with van der Waals surface area (Å²) >= 11 is 1.67. The molecule has 2 nitrogen and oxygen atoms in total. The van der Waals surface area contributed by atoms with Gasteiger partial charge in [0.2, 0.25) is 0 Å². The van der Waals surface area contributed by atoms with Gasteiger partial charge in [-0.05, 0) is 29.6 Å². The molecule has 1 aliphatic rings. The zero-order valence-electron chi connectivity index (χ0n) is 6.92. The summed E-state index contributed by atoms with van der Waals surface area (Å²) in [6.45, 7) is 2.04. The SMILES string of the molecule is CCSC1=CC(=O)C(=C=O)CC1. The van der Waals surface area contributed by atoms with Gasteiger partial charge < -0.3 is 0 Å². The Morgan fingerprint density at radius 1 is 1.58 bits per heavy atom. The predicted octanol–water partition coefficient (Wildman–Crippen LogP) is 1.74. The molecule has 0 bridgehead atoms. The van der Waals surface area contributed by atoms with E-state index in [2.05, 4.69) is 0 Å². The summed E-state index contributed by atoms with van der Waals surface area (Å²) in [5.41, 5.74) is 0.287. The summed E-state index contributed by atoms with van der Waals surface area (Å²) in [4.78, 5) is 22.4. The van der Waals surface area contributed by atoms with Gasteiger partial charge >= 0.3 is 0 Å². The van der Waals surface area contributed by atoms with E-state index in [1.807, 2.05) is 6.92 Å². The second-order valence-electron chi connectivity index (χ2n) is 2.49. The molecule has 0 saturated carbocycles. The highest BCUT2D eigenvalue weighted by atomic mass is 32.2. The molecule has 0 heterocycles. The molecular weight excluding hydrogens is 172 g/mol. The third kappa shape index (κ3) is 2.10. The van der Waals surface area contributed by atoms with Crippen LogP contribution in [0, 0.1) is 0 Å². The Hall–Kier alpha value is -0.790. The molecule has 1 aliphatic carbocycles. The molecule has 12 heavy (non-hydrogen) atoms. The van der Waals surface area contributed by atoms with Crippen molar-refractivity contribution in [2.75, 3.05) is 5.75 Å². The molecule has 0 unspecified atom stereocenters. The third-order valence-electron chi connectivity index (χ3n) is 1.66. The predicted molar refractivity (Wildman–Crippen MR) is 49.7 cm³/mol. The topological polar surface area (TPSA) is 34.1 Å². The van der Waals surface area contributed by atoms with Crippen LogP contribution in [0.25, 0.3) is 0 Å². The fourth-order valence-corrected chi connectivity index (χ4v) is 1.89. The standard InChI is InChI=1S/C9H10O2S/c1-2-12-8-4-3-7(6-10)9(11)5-8/h5H,2-4H2,1H3. The molecule has 0 saturated heterocycles. The summed E-state index contributed by atoms with van der Waals surface area (Å²) in [6, 6.07) is 0. The lowest BCUT2D eigenvalue weighted by Crippen LogP contribution is -2.06. The van der Waals surface area contributed by atoms with E-state index in [1.54, 1.807) is 23.8 Å². The maximum atomic E-state index is 11.1. The lowest BCUT2D eigenvalue weighted by molar-refractivity contribution is -0.111. The van der Waals surface area contributed by atoms with Crippen LogP contribution in [-0.2, 0) is 9.59 Å². The van der Waals surface area contributed by atoms with Gasteiger partial charge in [-0.15, -0.1) is 11.8 Å². The van der Waals surface area contributed by atoms with E-state index in [0.29, 0.717) is 6.42 Å².